The molecule has 0 fully saturated rings. The largest absolute Gasteiger partial charge is 0.494 e. The summed E-state index contributed by atoms with van der Waals surface area (Å²) in [6.45, 7) is 2.56. The Balaban J connectivity index is 1.60. The van der Waals surface area contributed by atoms with Crippen molar-refractivity contribution in [2.75, 3.05) is 6.61 Å². The van der Waals surface area contributed by atoms with Gasteiger partial charge < -0.3 is 4.74 Å². The quantitative estimate of drug-likeness (QED) is 0.341. The normalized spacial score (nSPS) is 11.1. The molecule has 4 rings (SSSR count). The molecule has 0 bridgehead atoms. The van der Waals surface area contributed by atoms with Crippen molar-refractivity contribution in [1.29, 1.82) is 0 Å². The molecule has 0 aliphatic rings. The number of benzene rings is 3. The third-order valence-electron chi connectivity index (χ3n) is 4.39. The molecule has 29 heavy (non-hydrogen) atoms. The van der Waals surface area contributed by atoms with Crippen molar-refractivity contribution >= 4 is 18.4 Å². The molecule has 144 valence electrons. The van der Waals surface area contributed by atoms with Crippen LogP contribution in [0.25, 0.3) is 22.5 Å². The van der Waals surface area contributed by atoms with Gasteiger partial charge in [0.1, 0.15) is 5.75 Å². The average molecular weight is 401 g/mol. The van der Waals surface area contributed by atoms with Gasteiger partial charge in [0.2, 0.25) is 4.77 Å². The van der Waals surface area contributed by atoms with E-state index in [1.54, 1.807) is 10.9 Å². The fourth-order valence-electron chi connectivity index (χ4n) is 2.99. The molecule has 0 saturated carbocycles. The maximum Gasteiger partial charge on any atom is 0.216 e. The summed E-state index contributed by atoms with van der Waals surface area (Å²) < 4.78 is 7.63. The van der Waals surface area contributed by atoms with E-state index in [2.05, 4.69) is 39.6 Å². The Morgan fingerprint density at radius 3 is 2.45 bits per heavy atom. The number of rotatable bonds is 6. The van der Waals surface area contributed by atoms with E-state index in [0.29, 0.717) is 17.2 Å². The van der Waals surface area contributed by atoms with Gasteiger partial charge in [0.05, 0.1) is 12.8 Å². The van der Waals surface area contributed by atoms with Crippen LogP contribution in [0.3, 0.4) is 0 Å². The Bertz CT molecular complexity index is 1180. The van der Waals surface area contributed by atoms with Gasteiger partial charge in [-0.05, 0) is 48.0 Å². The highest BCUT2D eigenvalue weighted by Crippen LogP contribution is 2.23. The molecule has 0 aliphatic heterocycles. The average Bonchev–Trinajstić information content (AvgIpc) is 3.14. The SMILES string of the molecule is CCOc1cccc(-c2n[nH]c(=S)n2/N=C\c2ccc(-c3ccccc3)cc2)c1. The Labute approximate surface area is 174 Å². The van der Waals surface area contributed by atoms with Crippen molar-refractivity contribution in [2.24, 2.45) is 5.10 Å². The van der Waals surface area contributed by atoms with Crippen molar-refractivity contribution in [1.82, 2.24) is 14.9 Å². The molecule has 6 heteroatoms. The van der Waals surface area contributed by atoms with Crippen molar-refractivity contribution in [2.45, 2.75) is 6.92 Å². The second-order valence-electron chi connectivity index (χ2n) is 6.36. The molecule has 1 aromatic heterocycles. The summed E-state index contributed by atoms with van der Waals surface area (Å²) in [7, 11) is 0. The lowest BCUT2D eigenvalue weighted by Crippen LogP contribution is -1.96. The number of H-pyrrole nitrogens is 1. The minimum atomic E-state index is 0.430. The van der Waals surface area contributed by atoms with E-state index in [9.17, 15) is 0 Å². The third-order valence-corrected chi connectivity index (χ3v) is 4.66. The van der Waals surface area contributed by atoms with Gasteiger partial charge in [0.15, 0.2) is 5.82 Å². The predicted octanol–water partition coefficient (Wildman–Crippen LogP) is 5.56. The highest BCUT2D eigenvalue weighted by molar-refractivity contribution is 7.71. The maximum absolute atomic E-state index is 5.58. The van der Waals surface area contributed by atoms with Crippen LogP contribution in [0.5, 0.6) is 5.75 Å². The lowest BCUT2D eigenvalue weighted by molar-refractivity contribution is 0.340. The highest BCUT2D eigenvalue weighted by atomic mass is 32.1. The number of nitrogens with zero attached hydrogens (tertiary/aromatic N) is 3. The molecular weight excluding hydrogens is 380 g/mol. The van der Waals surface area contributed by atoms with Gasteiger partial charge >= 0.3 is 0 Å². The minimum Gasteiger partial charge on any atom is -0.494 e. The topological polar surface area (TPSA) is 55.2 Å². The molecule has 0 unspecified atom stereocenters. The summed E-state index contributed by atoms with van der Waals surface area (Å²) in [6, 6.07) is 26.2. The van der Waals surface area contributed by atoms with Crippen LogP contribution < -0.4 is 4.74 Å². The van der Waals surface area contributed by atoms with Crippen LogP contribution >= 0.6 is 12.2 Å². The number of aromatic amines is 1. The Morgan fingerprint density at radius 2 is 1.69 bits per heavy atom. The van der Waals surface area contributed by atoms with E-state index < -0.39 is 0 Å². The van der Waals surface area contributed by atoms with Crippen molar-refractivity contribution in [3.05, 3.63) is 89.2 Å². The molecule has 0 aliphatic carbocycles. The number of hydrogen-bond donors (Lipinski definition) is 1. The summed E-state index contributed by atoms with van der Waals surface area (Å²) in [6.07, 6.45) is 1.77. The fourth-order valence-corrected chi connectivity index (χ4v) is 3.17. The molecule has 0 radical (unpaired) electrons. The van der Waals surface area contributed by atoms with Crippen LogP contribution in [0.1, 0.15) is 12.5 Å². The van der Waals surface area contributed by atoms with Crippen LogP contribution in [0.2, 0.25) is 0 Å². The number of aromatic nitrogens is 3. The summed E-state index contributed by atoms with van der Waals surface area (Å²) in [4.78, 5) is 0. The Hall–Kier alpha value is -3.51. The predicted molar refractivity (Wildman–Crippen MR) is 119 cm³/mol. The van der Waals surface area contributed by atoms with Gasteiger partial charge in [-0.2, -0.15) is 14.9 Å². The summed E-state index contributed by atoms with van der Waals surface area (Å²) in [5.74, 6) is 1.42. The number of ether oxygens (including phenoxy) is 1. The first-order valence-electron chi connectivity index (χ1n) is 9.35. The van der Waals surface area contributed by atoms with Gasteiger partial charge in [-0.1, -0.05) is 66.7 Å². The first kappa shape index (κ1) is 18.8. The smallest absolute Gasteiger partial charge is 0.216 e. The number of hydrogen-bond acceptors (Lipinski definition) is 4. The monoisotopic (exact) mass is 400 g/mol. The second-order valence-corrected chi connectivity index (χ2v) is 6.74. The van der Waals surface area contributed by atoms with Crippen LogP contribution in [-0.2, 0) is 0 Å². The lowest BCUT2D eigenvalue weighted by atomic mass is 10.0. The van der Waals surface area contributed by atoms with Crippen molar-refractivity contribution in [3.63, 3.8) is 0 Å². The standard InChI is InChI=1S/C23H20N4OS/c1-2-28-21-10-6-9-20(15-21)22-25-26-23(29)27(22)24-16-17-11-13-19(14-12-17)18-7-4-3-5-8-18/h3-16H,2H2,1H3,(H,26,29)/b24-16-. The Kier molecular flexibility index (Phi) is 5.63. The Morgan fingerprint density at radius 1 is 0.966 bits per heavy atom. The van der Waals surface area contributed by atoms with Crippen LogP contribution in [0.4, 0.5) is 0 Å². The third kappa shape index (κ3) is 4.33. The first-order chi connectivity index (χ1) is 14.2. The van der Waals surface area contributed by atoms with E-state index in [1.807, 2.05) is 61.5 Å². The van der Waals surface area contributed by atoms with Gasteiger partial charge in [-0.15, -0.1) is 0 Å². The van der Waals surface area contributed by atoms with Gasteiger partial charge in [-0.25, -0.2) is 5.10 Å². The molecule has 1 N–H and O–H groups in total. The summed E-state index contributed by atoms with van der Waals surface area (Å²) in [5, 5.41) is 11.7. The molecule has 4 aromatic rings. The van der Waals surface area contributed by atoms with Gasteiger partial charge in [0.25, 0.3) is 0 Å². The molecule has 0 amide bonds. The highest BCUT2D eigenvalue weighted by Gasteiger charge is 2.09. The zero-order chi connectivity index (χ0) is 20.1. The molecule has 1 heterocycles. The van der Waals surface area contributed by atoms with Crippen LogP contribution in [-0.4, -0.2) is 27.7 Å². The molecule has 0 spiro atoms. The number of nitrogens with one attached hydrogen (secondary N) is 1. The molecule has 0 saturated heterocycles. The minimum absolute atomic E-state index is 0.430. The molecular formula is C23H20N4OS. The maximum atomic E-state index is 5.58. The summed E-state index contributed by atoms with van der Waals surface area (Å²) in [5.41, 5.74) is 4.20. The van der Waals surface area contributed by atoms with E-state index in [4.69, 9.17) is 17.0 Å². The zero-order valence-electron chi connectivity index (χ0n) is 15.9. The van der Waals surface area contributed by atoms with Crippen LogP contribution in [0.15, 0.2) is 84.0 Å². The van der Waals surface area contributed by atoms with E-state index in [1.165, 1.54) is 5.56 Å². The van der Waals surface area contributed by atoms with Crippen LogP contribution in [0, 0.1) is 4.77 Å². The summed E-state index contributed by atoms with van der Waals surface area (Å²) >= 11 is 5.36. The van der Waals surface area contributed by atoms with E-state index in [-0.39, 0.29) is 0 Å². The first-order valence-corrected chi connectivity index (χ1v) is 9.76. The molecule has 5 nitrogen and oxygen atoms in total. The second kappa shape index (κ2) is 8.67. The zero-order valence-corrected chi connectivity index (χ0v) is 16.8. The lowest BCUT2D eigenvalue weighted by Gasteiger charge is -2.05. The van der Waals surface area contributed by atoms with Gasteiger partial charge in [0, 0.05) is 5.56 Å². The van der Waals surface area contributed by atoms with E-state index >= 15 is 0 Å². The molecule has 0 atom stereocenters. The van der Waals surface area contributed by atoms with Crippen molar-refractivity contribution in [3.8, 4) is 28.3 Å². The van der Waals surface area contributed by atoms with Gasteiger partial charge in [-0.3, -0.25) is 0 Å². The fraction of sp³-hybridized carbons (Fsp3) is 0.0870. The van der Waals surface area contributed by atoms with E-state index in [0.717, 1.165) is 22.4 Å². The van der Waals surface area contributed by atoms with Crippen molar-refractivity contribution < 1.29 is 4.74 Å². The molecule has 3 aromatic carbocycles.